The van der Waals surface area contributed by atoms with Gasteiger partial charge in [0.15, 0.2) is 11.6 Å². The van der Waals surface area contributed by atoms with Crippen LogP contribution in [0.5, 0.6) is 5.75 Å². The van der Waals surface area contributed by atoms with E-state index in [1.165, 1.54) is 6.07 Å². The van der Waals surface area contributed by atoms with Gasteiger partial charge in [0.1, 0.15) is 6.61 Å². The van der Waals surface area contributed by atoms with Crippen LogP contribution in [-0.4, -0.2) is 9.97 Å². The number of fused-ring (bicyclic) bond motifs is 3. The van der Waals surface area contributed by atoms with Crippen molar-refractivity contribution in [3.63, 3.8) is 0 Å². The zero-order valence-electron chi connectivity index (χ0n) is 14.3. The third-order valence-corrected chi connectivity index (χ3v) is 4.79. The van der Waals surface area contributed by atoms with Crippen molar-refractivity contribution >= 4 is 22.7 Å². The zero-order valence-corrected chi connectivity index (χ0v) is 14.3. The van der Waals surface area contributed by atoms with Gasteiger partial charge in [-0.2, -0.15) is 0 Å². The van der Waals surface area contributed by atoms with Crippen LogP contribution in [0.4, 0.5) is 4.39 Å². The summed E-state index contributed by atoms with van der Waals surface area (Å²) in [5.74, 6) is -0.118. The van der Waals surface area contributed by atoms with Crippen molar-refractivity contribution in [2.45, 2.75) is 6.61 Å². The first-order valence-corrected chi connectivity index (χ1v) is 8.63. The molecular formula is C22H15FN2O2. The molecule has 0 saturated heterocycles. The molecule has 0 saturated carbocycles. The average molecular weight is 358 g/mol. The monoisotopic (exact) mass is 358 g/mol. The van der Waals surface area contributed by atoms with E-state index in [-0.39, 0.29) is 17.3 Å². The Morgan fingerprint density at radius 2 is 1.74 bits per heavy atom. The summed E-state index contributed by atoms with van der Waals surface area (Å²) in [5.41, 5.74) is 5.73. The predicted molar refractivity (Wildman–Crippen MR) is 103 cm³/mol. The van der Waals surface area contributed by atoms with Crippen molar-refractivity contribution in [1.82, 2.24) is 9.97 Å². The molecule has 0 bridgehead atoms. The fourth-order valence-corrected chi connectivity index (χ4v) is 3.53. The van der Waals surface area contributed by atoms with Gasteiger partial charge in [0.2, 0.25) is 0 Å². The van der Waals surface area contributed by atoms with E-state index in [2.05, 4.69) is 9.97 Å². The van der Waals surface area contributed by atoms with Crippen LogP contribution >= 0.6 is 0 Å². The van der Waals surface area contributed by atoms with Crippen molar-refractivity contribution < 1.29 is 9.13 Å². The van der Waals surface area contributed by atoms with Gasteiger partial charge < -0.3 is 14.7 Å². The number of ether oxygens (including phenoxy) is 1. The molecule has 2 N–H and O–H groups in total. The van der Waals surface area contributed by atoms with Gasteiger partial charge in [-0.1, -0.05) is 42.5 Å². The number of hydrogen-bond acceptors (Lipinski definition) is 2. The first kappa shape index (κ1) is 15.6. The Morgan fingerprint density at radius 1 is 0.926 bits per heavy atom. The summed E-state index contributed by atoms with van der Waals surface area (Å²) in [6.07, 6.45) is 2.00. The van der Waals surface area contributed by atoms with Crippen LogP contribution in [0.2, 0.25) is 0 Å². The van der Waals surface area contributed by atoms with E-state index in [1.54, 1.807) is 6.07 Å². The molecule has 1 aliphatic heterocycles. The molecule has 2 heterocycles. The van der Waals surface area contributed by atoms with Crippen molar-refractivity contribution in [2.75, 3.05) is 0 Å². The van der Waals surface area contributed by atoms with Crippen LogP contribution in [0.15, 0.2) is 65.5 Å². The van der Waals surface area contributed by atoms with Crippen molar-refractivity contribution in [3.8, 4) is 5.75 Å². The number of hydrogen-bond donors (Lipinski definition) is 2. The van der Waals surface area contributed by atoms with Gasteiger partial charge in [-0.25, -0.2) is 9.18 Å². The Hall–Kier alpha value is -3.60. The highest BCUT2D eigenvalue weighted by atomic mass is 19.1. The van der Waals surface area contributed by atoms with E-state index in [0.717, 1.165) is 33.3 Å². The number of para-hydroxylation sites is 1. The minimum absolute atomic E-state index is 0.240. The quantitative estimate of drug-likeness (QED) is 0.527. The average Bonchev–Trinajstić information content (AvgIpc) is 2.96. The van der Waals surface area contributed by atoms with Crippen LogP contribution in [0.1, 0.15) is 22.3 Å². The molecule has 5 heteroatoms. The summed E-state index contributed by atoms with van der Waals surface area (Å²) in [4.78, 5) is 17.0. The van der Waals surface area contributed by atoms with E-state index in [9.17, 15) is 9.18 Å². The SMILES string of the molecule is O=c1[nH]c2ccc(/C=C3\c4ccccc4COc4c(F)cccc43)cc2[nH]1. The Kier molecular flexibility index (Phi) is 3.47. The van der Waals surface area contributed by atoms with E-state index in [1.807, 2.05) is 54.6 Å². The maximum absolute atomic E-state index is 14.4. The molecular weight excluding hydrogens is 343 g/mol. The van der Waals surface area contributed by atoms with Crippen LogP contribution in [0, 0.1) is 5.82 Å². The second kappa shape index (κ2) is 5.99. The summed E-state index contributed by atoms with van der Waals surface area (Å²) < 4.78 is 20.2. The molecule has 4 aromatic rings. The van der Waals surface area contributed by atoms with Gasteiger partial charge in [-0.15, -0.1) is 0 Å². The Balaban J connectivity index is 1.77. The minimum atomic E-state index is -0.378. The van der Waals surface area contributed by atoms with Crippen LogP contribution < -0.4 is 10.4 Å². The number of benzene rings is 3. The standard InChI is InChI=1S/C22H15FN2O2/c23-18-7-3-6-16-17(15-5-2-1-4-14(15)12-27-21(16)18)10-13-8-9-19-20(11-13)25-22(26)24-19/h1-11H,12H2,(H2,24,25,26)/b17-10+. The highest BCUT2D eigenvalue weighted by Gasteiger charge is 2.21. The molecule has 1 aliphatic rings. The van der Waals surface area contributed by atoms with Crippen LogP contribution in [0.25, 0.3) is 22.7 Å². The molecule has 0 amide bonds. The number of aromatic nitrogens is 2. The molecule has 0 spiro atoms. The predicted octanol–water partition coefficient (Wildman–Crippen LogP) is 4.48. The lowest BCUT2D eigenvalue weighted by Crippen LogP contribution is -1.99. The highest BCUT2D eigenvalue weighted by molar-refractivity contribution is 5.95. The van der Waals surface area contributed by atoms with Gasteiger partial charge in [-0.05, 0) is 46.5 Å². The summed E-state index contributed by atoms with van der Waals surface area (Å²) in [7, 11) is 0. The van der Waals surface area contributed by atoms with E-state index < -0.39 is 0 Å². The van der Waals surface area contributed by atoms with Gasteiger partial charge >= 0.3 is 5.69 Å². The second-order valence-electron chi connectivity index (χ2n) is 6.50. The van der Waals surface area contributed by atoms with E-state index in [0.29, 0.717) is 12.2 Å². The van der Waals surface area contributed by atoms with Crippen LogP contribution in [0.3, 0.4) is 0 Å². The molecule has 0 unspecified atom stereocenters. The molecule has 132 valence electrons. The van der Waals surface area contributed by atoms with Gasteiger partial charge in [0.25, 0.3) is 0 Å². The fraction of sp³-hybridized carbons (Fsp3) is 0.0455. The number of halogens is 1. The summed E-state index contributed by atoms with van der Waals surface area (Å²) in [5, 5.41) is 0. The van der Waals surface area contributed by atoms with E-state index >= 15 is 0 Å². The second-order valence-corrected chi connectivity index (χ2v) is 6.50. The maximum Gasteiger partial charge on any atom is 0.323 e. The molecule has 4 nitrogen and oxygen atoms in total. The smallest absolute Gasteiger partial charge is 0.323 e. The molecule has 27 heavy (non-hydrogen) atoms. The van der Waals surface area contributed by atoms with Crippen molar-refractivity contribution in [1.29, 1.82) is 0 Å². The molecule has 0 fully saturated rings. The summed E-state index contributed by atoms with van der Waals surface area (Å²) >= 11 is 0. The molecule has 0 radical (unpaired) electrons. The molecule has 0 atom stereocenters. The lowest BCUT2D eigenvalue weighted by atomic mass is 9.92. The summed E-state index contributed by atoms with van der Waals surface area (Å²) in [6, 6.07) is 18.5. The Bertz CT molecular complexity index is 1270. The number of imidazole rings is 1. The third kappa shape index (κ3) is 2.64. The maximum atomic E-state index is 14.4. The van der Waals surface area contributed by atoms with Crippen LogP contribution in [-0.2, 0) is 6.61 Å². The lowest BCUT2D eigenvalue weighted by molar-refractivity contribution is 0.291. The molecule has 3 aromatic carbocycles. The molecule has 1 aromatic heterocycles. The van der Waals surface area contributed by atoms with Gasteiger partial charge in [-0.3, -0.25) is 0 Å². The first-order chi connectivity index (χ1) is 13.2. The van der Waals surface area contributed by atoms with E-state index in [4.69, 9.17) is 4.74 Å². The van der Waals surface area contributed by atoms with Crippen molar-refractivity contribution in [3.05, 3.63) is 99.2 Å². The number of aromatic amines is 2. The molecule has 5 rings (SSSR count). The largest absolute Gasteiger partial charge is 0.485 e. The first-order valence-electron chi connectivity index (χ1n) is 8.63. The molecule has 0 aliphatic carbocycles. The normalized spacial score (nSPS) is 14.5. The van der Waals surface area contributed by atoms with Gasteiger partial charge in [0, 0.05) is 5.56 Å². The Morgan fingerprint density at radius 3 is 2.67 bits per heavy atom. The topological polar surface area (TPSA) is 57.9 Å². The Labute approximate surface area is 153 Å². The number of H-pyrrole nitrogens is 2. The zero-order chi connectivity index (χ0) is 18.4. The highest BCUT2D eigenvalue weighted by Crippen LogP contribution is 2.39. The third-order valence-electron chi connectivity index (χ3n) is 4.79. The van der Waals surface area contributed by atoms with Gasteiger partial charge in [0.05, 0.1) is 11.0 Å². The lowest BCUT2D eigenvalue weighted by Gasteiger charge is -2.11. The fourth-order valence-electron chi connectivity index (χ4n) is 3.53. The van der Waals surface area contributed by atoms with Crippen molar-refractivity contribution in [2.24, 2.45) is 0 Å². The summed E-state index contributed by atoms with van der Waals surface area (Å²) in [6.45, 7) is 0.311. The minimum Gasteiger partial charge on any atom is -0.485 e. The number of rotatable bonds is 1. The number of nitrogens with one attached hydrogen (secondary N) is 2.